The van der Waals surface area contributed by atoms with Crippen LogP contribution in [0.5, 0.6) is 0 Å². The van der Waals surface area contributed by atoms with Gasteiger partial charge in [-0.15, -0.1) is 0 Å². The van der Waals surface area contributed by atoms with E-state index in [1.54, 1.807) is 24.4 Å². The van der Waals surface area contributed by atoms with Crippen LogP contribution in [0.2, 0.25) is 0 Å². The first-order valence-electron chi connectivity index (χ1n) is 4.76. The minimum absolute atomic E-state index is 0.393. The van der Waals surface area contributed by atoms with Crippen LogP contribution >= 0.6 is 0 Å². The Labute approximate surface area is 92.8 Å². The van der Waals surface area contributed by atoms with Gasteiger partial charge in [0.2, 0.25) is 0 Å². The van der Waals surface area contributed by atoms with Gasteiger partial charge in [-0.05, 0) is 24.3 Å². The van der Waals surface area contributed by atoms with E-state index in [4.69, 9.17) is 5.26 Å². The first kappa shape index (κ1) is 10.1. The summed E-state index contributed by atoms with van der Waals surface area (Å²) in [5.74, 6) is 0.657. The fourth-order valence-corrected chi connectivity index (χ4v) is 1.20. The second kappa shape index (κ2) is 4.84. The number of hydrogen-bond donors (Lipinski definition) is 1. The van der Waals surface area contributed by atoms with Crippen LogP contribution in [0.4, 0.5) is 5.82 Å². The zero-order chi connectivity index (χ0) is 11.2. The number of nitriles is 1. The monoisotopic (exact) mass is 211 g/mol. The highest BCUT2D eigenvalue weighted by Crippen LogP contribution is 2.05. The Morgan fingerprint density at radius 2 is 2.19 bits per heavy atom. The van der Waals surface area contributed by atoms with E-state index >= 15 is 0 Å². The van der Waals surface area contributed by atoms with Crippen molar-refractivity contribution in [3.05, 3.63) is 47.9 Å². The lowest BCUT2D eigenvalue weighted by molar-refractivity contribution is 0.920. The highest BCUT2D eigenvalue weighted by molar-refractivity contribution is 5.38. The van der Waals surface area contributed by atoms with E-state index in [0.29, 0.717) is 18.1 Å². The van der Waals surface area contributed by atoms with Crippen molar-refractivity contribution in [2.45, 2.75) is 6.54 Å². The molecule has 5 heteroatoms. The van der Waals surface area contributed by atoms with Gasteiger partial charge in [0.05, 0.1) is 12.2 Å². The Balaban J connectivity index is 2.03. The van der Waals surface area contributed by atoms with Crippen molar-refractivity contribution in [1.82, 2.24) is 15.2 Å². The molecule has 0 fully saturated rings. The molecule has 0 saturated heterocycles. The van der Waals surface area contributed by atoms with E-state index in [-0.39, 0.29) is 0 Å². The van der Waals surface area contributed by atoms with E-state index < -0.39 is 0 Å². The average Bonchev–Trinajstić information content (AvgIpc) is 2.38. The summed E-state index contributed by atoms with van der Waals surface area (Å²) in [6.07, 6.45) is 1.62. The molecule has 0 aromatic carbocycles. The van der Waals surface area contributed by atoms with Gasteiger partial charge in [-0.25, -0.2) is 4.98 Å². The van der Waals surface area contributed by atoms with Crippen LogP contribution in [-0.2, 0) is 6.54 Å². The summed E-state index contributed by atoms with van der Waals surface area (Å²) >= 11 is 0. The maximum Gasteiger partial charge on any atom is 0.142 e. The van der Waals surface area contributed by atoms with Gasteiger partial charge < -0.3 is 5.32 Å². The van der Waals surface area contributed by atoms with Gasteiger partial charge in [0.25, 0.3) is 0 Å². The molecule has 2 rings (SSSR count). The molecule has 16 heavy (non-hydrogen) atoms. The minimum atomic E-state index is 0.393. The topological polar surface area (TPSA) is 74.5 Å². The van der Waals surface area contributed by atoms with Crippen molar-refractivity contribution >= 4 is 5.82 Å². The minimum Gasteiger partial charge on any atom is -0.364 e. The van der Waals surface area contributed by atoms with Crippen molar-refractivity contribution in [3.63, 3.8) is 0 Å². The standard InChI is InChI=1S/C11H9N5/c12-7-9-3-1-5-11(15-9)13-8-10-4-2-6-14-16-10/h1-6H,8H2,(H,13,15). The SMILES string of the molecule is N#Cc1cccc(NCc2cccnn2)n1. The lowest BCUT2D eigenvalue weighted by Gasteiger charge is -2.03. The quantitative estimate of drug-likeness (QED) is 0.829. The van der Waals surface area contributed by atoms with Crippen molar-refractivity contribution in [3.8, 4) is 6.07 Å². The number of aromatic nitrogens is 3. The molecule has 0 radical (unpaired) electrons. The van der Waals surface area contributed by atoms with Gasteiger partial charge in [0.15, 0.2) is 0 Å². The molecular weight excluding hydrogens is 202 g/mol. The van der Waals surface area contributed by atoms with E-state index in [1.165, 1.54) is 0 Å². The summed E-state index contributed by atoms with van der Waals surface area (Å²) in [5, 5.41) is 19.5. The molecule has 5 nitrogen and oxygen atoms in total. The smallest absolute Gasteiger partial charge is 0.142 e. The lowest BCUT2D eigenvalue weighted by atomic mass is 10.3. The normalized spacial score (nSPS) is 9.44. The molecule has 0 amide bonds. The van der Waals surface area contributed by atoms with Crippen molar-refractivity contribution < 1.29 is 0 Å². The van der Waals surface area contributed by atoms with Crippen LogP contribution < -0.4 is 5.32 Å². The molecule has 2 aromatic heterocycles. The summed E-state index contributed by atoms with van der Waals surface area (Å²) in [6.45, 7) is 0.537. The zero-order valence-electron chi connectivity index (χ0n) is 8.46. The highest BCUT2D eigenvalue weighted by atomic mass is 15.1. The average molecular weight is 211 g/mol. The van der Waals surface area contributed by atoms with Crippen LogP contribution in [0.3, 0.4) is 0 Å². The highest BCUT2D eigenvalue weighted by Gasteiger charge is 1.97. The molecule has 0 unspecified atom stereocenters. The number of pyridine rings is 1. The summed E-state index contributed by atoms with van der Waals surface area (Å²) in [6, 6.07) is 10.9. The Morgan fingerprint density at radius 3 is 2.94 bits per heavy atom. The fraction of sp³-hybridized carbons (Fsp3) is 0.0909. The number of nitrogens with one attached hydrogen (secondary N) is 1. The molecule has 78 valence electrons. The van der Waals surface area contributed by atoms with E-state index in [9.17, 15) is 0 Å². The fourth-order valence-electron chi connectivity index (χ4n) is 1.20. The van der Waals surface area contributed by atoms with Crippen LogP contribution in [0.1, 0.15) is 11.4 Å². The van der Waals surface area contributed by atoms with Gasteiger partial charge in [-0.3, -0.25) is 0 Å². The molecule has 1 N–H and O–H groups in total. The van der Waals surface area contributed by atoms with Crippen molar-refractivity contribution in [1.29, 1.82) is 5.26 Å². The second-order valence-corrected chi connectivity index (χ2v) is 3.09. The predicted molar refractivity (Wildman–Crippen MR) is 58.3 cm³/mol. The zero-order valence-corrected chi connectivity index (χ0v) is 8.46. The van der Waals surface area contributed by atoms with Gasteiger partial charge in [0, 0.05) is 6.20 Å². The van der Waals surface area contributed by atoms with Crippen molar-refractivity contribution in [2.24, 2.45) is 0 Å². The maximum absolute atomic E-state index is 8.68. The second-order valence-electron chi connectivity index (χ2n) is 3.09. The molecule has 0 aliphatic carbocycles. The Hall–Kier alpha value is -2.48. The molecule has 2 aromatic rings. The van der Waals surface area contributed by atoms with Gasteiger partial charge in [-0.2, -0.15) is 15.5 Å². The van der Waals surface area contributed by atoms with Gasteiger partial charge in [0.1, 0.15) is 17.6 Å². The summed E-state index contributed by atoms with van der Waals surface area (Å²) < 4.78 is 0. The van der Waals surface area contributed by atoms with E-state index in [1.807, 2.05) is 18.2 Å². The molecule has 0 saturated carbocycles. The first-order valence-corrected chi connectivity index (χ1v) is 4.76. The Kier molecular flexibility index (Phi) is 3.04. The molecule has 0 spiro atoms. The molecule has 2 heterocycles. The van der Waals surface area contributed by atoms with Crippen LogP contribution in [0, 0.1) is 11.3 Å². The summed E-state index contributed by atoms with van der Waals surface area (Å²) in [4.78, 5) is 4.09. The first-order chi connectivity index (χ1) is 7.88. The Bertz CT molecular complexity index is 503. The molecule has 0 aliphatic heterocycles. The molecule has 0 aliphatic rings. The largest absolute Gasteiger partial charge is 0.364 e. The predicted octanol–water partition coefficient (Wildman–Crippen LogP) is 1.36. The van der Waals surface area contributed by atoms with Crippen LogP contribution in [0.25, 0.3) is 0 Å². The third kappa shape index (κ3) is 2.51. The number of anilines is 1. The van der Waals surface area contributed by atoms with Crippen molar-refractivity contribution in [2.75, 3.05) is 5.32 Å². The third-order valence-electron chi connectivity index (χ3n) is 1.94. The van der Waals surface area contributed by atoms with Gasteiger partial charge in [-0.1, -0.05) is 6.07 Å². The Morgan fingerprint density at radius 1 is 1.25 bits per heavy atom. The molecule has 0 bridgehead atoms. The number of hydrogen-bond acceptors (Lipinski definition) is 5. The lowest BCUT2D eigenvalue weighted by Crippen LogP contribution is -2.04. The number of nitrogens with zero attached hydrogens (tertiary/aromatic N) is 4. The van der Waals surface area contributed by atoms with E-state index in [0.717, 1.165) is 5.69 Å². The summed E-state index contributed by atoms with van der Waals surface area (Å²) in [5.41, 5.74) is 1.22. The summed E-state index contributed by atoms with van der Waals surface area (Å²) in [7, 11) is 0. The van der Waals surface area contributed by atoms with E-state index in [2.05, 4.69) is 20.5 Å². The molecular formula is C11H9N5. The molecule has 0 atom stereocenters. The van der Waals surface area contributed by atoms with Crippen LogP contribution in [-0.4, -0.2) is 15.2 Å². The maximum atomic E-state index is 8.68. The van der Waals surface area contributed by atoms with Gasteiger partial charge >= 0.3 is 0 Å². The van der Waals surface area contributed by atoms with Crippen LogP contribution in [0.15, 0.2) is 36.5 Å². The number of rotatable bonds is 3. The third-order valence-corrected chi connectivity index (χ3v) is 1.94.